The number of ether oxygens (including phenoxy) is 1. The number of rotatable bonds is 4. The molecule has 0 aliphatic carbocycles. The summed E-state index contributed by atoms with van der Waals surface area (Å²) < 4.78 is 4.67. The van der Waals surface area contributed by atoms with Crippen molar-refractivity contribution in [3.63, 3.8) is 0 Å². The van der Waals surface area contributed by atoms with Gasteiger partial charge in [0.05, 0.1) is 13.0 Å². The smallest absolute Gasteiger partial charge is 0.308 e. The van der Waals surface area contributed by atoms with Crippen molar-refractivity contribution in [1.82, 2.24) is 5.32 Å². The molecule has 0 saturated heterocycles. The van der Waals surface area contributed by atoms with Gasteiger partial charge in [-0.2, -0.15) is 0 Å². The molecule has 0 aliphatic heterocycles. The van der Waals surface area contributed by atoms with Gasteiger partial charge in [-0.3, -0.25) is 9.59 Å². The first-order valence-corrected chi connectivity index (χ1v) is 3.99. The van der Waals surface area contributed by atoms with Crippen LogP contribution in [0.3, 0.4) is 0 Å². The van der Waals surface area contributed by atoms with E-state index >= 15 is 0 Å². The van der Waals surface area contributed by atoms with Crippen LogP contribution in [-0.2, 0) is 14.3 Å². The highest BCUT2D eigenvalue weighted by molar-refractivity contribution is 5.76. The summed E-state index contributed by atoms with van der Waals surface area (Å²) in [6.07, 6.45) is 5.11. The first-order valence-electron chi connectivity index (χ1n) is 3.99. The number of hydrogen-bond acceptors (Lipinski definition) is 3. The quantitative estimate of drug-likeness (QED) is 0.496. The lowest BCUT2D eigenvalue weighted by molar-refractivity contribution is -0.143. The van der Waals surface area contributed by atoms with Gasteiger partial charge in [-0.1, -0.05) is 5.92 Å². The van der Waals surface area contributed by atoms with Gasteiger partial charge in [0.2, 0.25) is 5.91 Å². The summed E-state index contributed by atoms with van der Waals surface area (Å²) in [6.45, 7) is 3.37. The average molecular weight is 183 g/mol. The standard InChI is InChI=1S/C9H13NO3/c1-4-8(10-7(3)11)6-9(12)13-5-2/h1,8H,5-6H2,2-3H3,(H,10,11)/t8-/m1/s1. The van der Waals surface area contributed by atoms with E-state index in [2.05, 4.69) is 16.0 Å². The zero-order chi connectivity index (χ0) is 10.3. The highest BCUT2D eigenvalue weighted by Crippen LogP contribution is 1.93. The van der Waals surface area contributed by atoms with Crippen molar-refractivity contribution >= 4 is 11.9 Å². The van der Waals surface area contributed by atoms with Crippen LogP contribution in [0.1, 0.15) is 20.3 Å². The van der Waals surface area contributed by atoms with Crippen LogP contribution in [0.2, 0.25) is 0 Å². The Labute approximate surface area is 77.6 Å². The van der Waals surface area contributed by atoms with Gasteiger partial charge in [0.1, 0.15) is 6.04 Å². The first kappa shape index (κ1) is 11.5. The van der Waals surface area contributed by atoms with Crippen molar-refractivity contribution in [3.8, 4) is 12.3 Å². The molecule has 13 heavy (non-hydrogen) atoms. The minimum Gasteiger partial charge on any atom is -0.466 e. The summed E-state index contributed by atoms with van der Waals surface area (Å²) >= 11 is 0. The van der Waals surface area contributed by atoms with Gasteiger partial charge in [-0.15, -0.1) is 6.42 Å². The number of terminal acetylenes is 1. The SMILES string of the molecule is C#C[C@H](CC(=O)OCC)NC(C)=O. The Kier molecular flexibility index (Phi) is 5.37. The molecule has 1 atom stereocenters. The molecule has 4 nitrogen and oxygen atoms in total. The molecule has 1 N–H and O–H groups in total. The molecule has 0 unspecified atom stereocenters. The van der Waals surface area contributed by atoms with Gasteiger partial charge in [0.15, 0.2) is 0 Å². The van der Waals surface area contributed by atoms with Crippen LogP contribution in [-0.4, -0.2) is 24.5 Å². The van der Waals surface area contributed by atoms with Gasteiger partial charge >= 0.3 is 5.97 Å². The van der Waals surface area contributed by atoms with E-state index in [1.54, 1.807) is 6.92 Å². The predicted molar refractivity (Wildman–Crippen MR) is 47.7 cm³/mol. The van der Waals surface area contributed by atoms with E-state index in [0.717, 1.165) is 0 Å². The summed E-state index contributed by atoms with van der Waals surface area (Å²) in [7, 11) is 0. The van der Waals surface area contributed by atoms with Gasteiger partial charge in [-0.05, 0) is 6.92 Å². The molecule has 0 bridgehead atoms. The molecule has 0 heterocycles. The van der Waals surface area contributed by atoms with Crippen LogP contribution in [0.5, 0.6) is 0 Å². The van der Waals surface area contributed by atoms with E-state index in [-0.39, 0.29) is 12.3 Å². The van der Waals surface area contributed by atoms with E-state index < -0.39 is 12.0 Å². The minimum atomic E-state index is -0.573. The van der Waals surface area contributed by atoms with E-state index in [9.17, 15) is 9.59 Å². The second-order valence-electron chi connectivity index (χ2n) is 2.43. The second kappa shape index (κ2) is 6.06. The zero-order valence-electron chi connectivity index (χ0n) is 7.79. The Morgan fingerprint density at radius 2 is 2.23 bits per heavy atom. The number of carbonyl (C=O) groups is 2. The monoisotopic (exact) mass is 183 g/mol. The Morgan fingerprint density at radius 3 is 2.62 bits per heavy atom. The van der Waals surface area contributed by atoms with Crippen LogP contribution >= 0.6 is 0 Å². The lowest BCUT2D eigenvalue weighted by Crippen LogP contribution is -2.34. The molecule has 0 saturated carbocycles. The van der Waals surface area contributed by atoms with Gasteiger partial charge in [0.25, 0.3) is 0 Å². The predicted octanol–water partition coefficient (Wildman–Crippen LogP) is 0.0775. The fourth-order valence-corrected chi connectivity index (χ4v) is 0.784. The van der Waals surface area contributed by atoms with Crippen molar-refractivity contribution in [3.05, 3.63) is 0 Å². The summed E-state index contributed by atoms with van der Waals surface area (Å²) in [5, 5.41) is 2.44. The van der Waals surface area contributed by atoms with Crippen LogP contribution in [0.15, 0.2) is 0 Å². The third kappa shape index (κ3) is 5.74. The van der Waals surface area contributed by atoms with Crippen molar-refractivity contribution in [2.45, 2.75) is 26.3 Å². The molecule has 72 valence electrons. The van der Waals surface area contributed by atoms with E-state index in [1.165, 1.54) is 6.92 Å². The van der Waals surface area contributed by atoms with E-state index in [0.29, 0.717) is 6.61 Å². The van der Waals surface area contributed by atoms with Crippen molar-refractivity contribution < 1.29 is 14.3 Å². The van der Waals surface area contributed by atoms with Crippen LogP contribution in [0.4, 0.5) is 0 Å². The average Bonchev–Trinajstić information content (AvgIpc) is 2.02. The zero-order valence-corrected chi connectivity index (χ0v) is 7.79. The molecular weight excluding hydrogens is 170 g/mol. The minimum absolute atomic E-state index is 0.0178. The number of nitrogens with one attached hydrogen (secondary N) is 1. The molecule has 0 fully saturated rings. The molecule has 0 rings (SSSR count). The molecular formula is C9H13NO3. The summed E-state index contributed by atoms with van der Waals surface area (Å²) in [5.41, 5.74) is 0. The summed E-state index contributed by atoms with van der Waals surface area (Å²) in [6, 6.07) is -0.573. The van der Waals surface area contributed by atoms with Crippen LogP contribution in [0, 0.1) is 12.3 Å². The molecule has 0 aliphatic rings. The first-order chi connectivity index (χ1) is 6.10. The lowest BCUT2D eigenvalue weighted by atomic mass is 10.2. The van der Waals surface area contributed by atoms with Gasteiger partial charge in [0, 0.05) is 6.92 Å². The molecule has 0 aromatic heterocycles. The van der Waals surface area contributed by atoms with Crippen molar-refractivity contribution in [2.75, 3.05) is 6.61 Å². The van der Waals surface area contributed by atoms with Crippen molar-refractivity contribution in [1.29, 1.82) is 0 Å². The fraction of sp³-hybridized carbons (Fsp3) is 0.556. The third-order valence-electron chi connectivity index (χ3n) is 1.25. The Morgan fingerprint density at radius 1 is 1.62 bits per heavy atom. The normalized spacial score (nSPS) is 11.2. The molecule has 4 heteroatoms. The highest BCUT2D eigenvalue weighted by Gasteiger charge is 2.12. The molecule has 0 aromatic carbocycles. The van der Waals surface area contributed by atoms with E-state index in [1.807, 2.05) is 0 Å². The maximum atomic E-state index is 10.9. The fourth-order valence-electron chi connectivity index (χ4n) is 0.784. The number of esters is 1. The van der Waals surface area contributed by atoms with E-state index in [4.69, 9.17) is 6.42 Å². The molecule has 0 radical (unpaired) electrons. The Balaban J connectivity index is 3.92. The maximum Gasteiger partial charge on any atom is 0.308 e. The number of carbonyl (C=O) groups excluding carboxylic acids is 2. The van der Waals surface area contributed by atoms with Crippen LogP contribution in [0.25, 0.3) is 0 Å². The number of hydrogen-bond donors (Lipinski definition) is 1. The molecule has 1 amide bonds. The molecule has 0 aromatic rings. The van der Waals surface area contributed by atoms with Gasteiger partial charge < -0.3 is 10.1 Å². The largest absolute Gasteiger partial charge is 0.466 e. The Hall–Kier alpha value is -1.50. The highest BCUT2D eigenvalue weighted by atomic mass is 16.5. The topological polar surface area (TPSA) is 55.4 Å². The second-order valence-corrected chi connectivity index (χ2v) is 2.43. The van der Waals surface area contributed by atoms with Gasteiger partial charge in [-0.25, -0.2) is 0 Å². The molecule has 0 spiro atoms. The summed E-state index contributed by atoms with van der Waals surface area (Å²) in [4.78, 5) is 21.5. The van der Waals surface area contributed by atoms with Crippen LogP contribution < -0.4 is 5.32 Å². The third-order valence-corrected chi connectivity index (χ3v) is 1.25. The number of amides is 1. The Bertz CT molecular complexity index is 230. The van der Waals surface area contributed by atoms with Crippen molar-refractivity contribution in [2.24, 2.45) is 0 Å². The maximum absolute atomic E-state index is 10.9. The summed E-state index contributed by atoms with van der Waals surface area (Å²) in [5.74, 6) is 1.63. The lowest BCUT2D eigenvalue weighted by Gasteiger charge is -2.09.